The van der Waals surface area contributed by atoms with Gasteiger partial charge in [-0.25, -0.2) is 10.0 Å². The number of benzene rings is 3. The molecule has 6 nitrogen and oxygen atoms in total. The number of amides is 2. The molecule has 0 saturated carbocycles. The molecule has 3 unspecified atom stereocenters. The summed E-state index contributed by atoms with van der Waals surface area (Å²) in [5.74, 6) is 1.12. The molecule has 2 amide bonds. The summed E-state index contributed by atoms with van der Waals surface area (Å²) < 4.78 is 5.33. The lowest BCUT2D eigenvalue weighted by atomic mass is 10.0. The number of likely N-dealkylation sites (N-methyl/N-ethyl adjacent to an activating group) is 1. The van der Waals surface area contributed by atoms with Crippen LogP contribution >= 0.6 is 11.8 Å². The highest BCUT2D eigenvalue weighted by atomic mass is 32.2. The number of hydrogen-bond donors (Lipinski definition) is 0. The molecule has 2 fully saturated rings. The largest absolute Gasteiger partial charge is 0.497 e. The van der Waals surface area contributed by atoms with E-state index in [2.05, 4.69) is 12.1 Å². The van der Waals surface area contributed by atoms with Crippen LogP contribution in [0.25, 0.3) is 10.8 Å². The lowest BCUT2D eigenvalue weighted by Gasteiger charge is -2.31. The molecule has 5 rings (SSSR count). The Hall–Kier alpha value is -3.03. The molecule has 0 aromatic heterocycles. The summed E-state index contributed by atoms with van der Waals surface area (Å²) in [6, 6.07) is 21.1. The Balaban J connectivity index is 1.50. The fourth-order valence-electron chi connectivity index (χ4n) is 4.62. The van der Waals surface area contributed by atoms with Gasteiger partial charge in [0.15, 0.2) is 0 Å². The van der Waals surface area contributed by atoms with Crippen LogP contribution in [0.5, 0.6) is 5.75 Å². The van der Waals surface area contributed by atoms with E-state index in [0.717, 1.165) is 27.8 Å². The maximum atomic E-state index is 13.6. The molecule has 0 N–H and O–H groups in total. The zero-order valence-electron chi connectivity index (χ0n) is 18.3. The first-order chi connectivity index (χ1) is 15.5. The number of thioether (sulfide) groups is 1. The third-order valence-electron chi connectivity index (χ3n) is 6.39. The van der Waals surface area contributed by atoms with Crippen LogP contribution in [-0.4, -0.2) is 53.7 Å². The molecule has 0 radical (unpaired) electrons. The van der Waals surface area contributed by atoms with Gasteiger partial charge in [0.25, 0.3) is 5.91 Å². The van der Waals surface area contributed by atoms with Gasteiger partial charge in [-0.15, -0.1) is 11.8 Å². The number of ether oxygens (including phenoxy) is 1. The maximum absolute atomic E-state index is 13.6. The molecule has 0 aliphatic carbocycles. The SMILES string of the molecule is COc1ccc2cc(C3SCC(=O)N3C3C(=O)N(c4ccccc4)N(C)C3C)ccc2c1. The van der Waals surface area contributed by atoms with Gasteiger partial charge >= 0.3 is 0 Å². The minimum absolute atomic E-state index is 0.00309. The molecule has 0 spiro atoms. The molecule has 2 aliphatic heterocycles. The number of methoxy groups -OCH3 is 1. The molecule has 7 heteroatoms. The van der Waals surface area contributed by atoms with Gasteiger partial charge in [0.05, 0.1) is 24.6 Å². The first-order valence-electron chi connectivity index (χ1n) is 10.6. The fraction of sp³-hybridized carbons (Fsp3) is 0.280. The second-order valence-corrected chi connectivity index (χ2v) is 9.25. The lowest BCUT2D eigenvalue weighted by molar-refractivity contribution is -0.136. The van der Waals surface area contributed by atoms with E-state index < -0.39 is 6.04 Å². The van der Waals surface area contributed by atoms with Gasteiger partial charge in [0.2, 0.25) is 5.91 Å². The maximum Gasteiger partial charge on any atom is 0.266 e. The number of nitrogens with zero attached hydrogens (tertiary/aromatic N) is 3. The molecule has 2 aliphatic rings. The number of fused-ring (bicyclic) bond motifs is 1. The monoisotopic (exact) mass is 447 g/mol. The summed E-state index contributed by atoms with van der Waals surface area (Å²) in [5, 5.41) is 5.58. The van der Waals surface area contributed by atoms with Gasteiger partial charge in [-0.05, 0) is 53.6 Å². The number of carbonyl (C=O) groups is 2. The predicted molar refractivity (Wildman–Crippen MR) is 127 cm³/mol. The van der Waals surface area contributed by atoms with Crippen LogP contribution in [0.1, 0.15) is 17.9 Å². The number of para-hydroxylation sites is 1. The zero-order chi connectivity index (χ0) is 22.4. The minimum Gasteiger partial charge on any atom is -0.497 e. The third kappa shape index (κ3) is 3.32. The number of carbonyl (C=O) groups excluding carboxylic acids is 2. The second kappa shape index (κ2) is 8.15. The van der Waals surface area contributed by atoms with Crippen molar-refractivity contribution in [3.8, 4) is 5.75 Å². The third-order valence-corrected chi connectivity index (χ3v) is 7.61. The van der Waals surface area contributed by atoms with E-state index in [-0.39, 0.29) is 23.2 Å². The molecule has 164 valence electrons. The Kier molecular flexibility index (Phi) is 5.31. The Morgan fingerprint density at radius 1 is 0.969 bits per heavy atom. The van der Waals surface area contributed by atoms with Gasteiger partial charge in [0.1, 0.15) is 17.2 Å². The molecule has 32 heavy (non-hydrogen) atoms. The van der Waals surface area contributed by atoms with Crippen LogP contribution in [0.3, 0.4) is 0 Å². The summed E-state index contributed by atoms with van der Waals surface area (Å²) in [5.41, 5.74) is 1.84. The average Bonchev–Trinajstić information content (AvgIpc) is 3.29. The number of hydrogen-bond acceptors (Lipinski definition) is 5. The van der Waals surface area contributed by atoms with E-state index in [4.69, 9.17) is 4.74 Å². The summed E-state index contributed by atoms with van der Waals surface area (Å²) in [4.78, 5) is 28.4. The highest BCUT2D eigenvalue weighted by molar-refractivity contribution is 8.00. The minimum atomic E-state index is -0.542. The highest BCUT2D eigenvalue weighted by Gasteiger charge is 2.51. The molecule has 0 bridgehead atoms. The van der Waals surface area contributed by atoms with Crippen molar-refractivity contribution in [3.63, 3.8) is 0 Å². The Morgan fingerprint density at radius 3 is 2.44 bits per heavy atom. The summed E-state index contributed by atoms with van der Waals surface area (Å²) >= 11 is 1.58. The van der Waals surface area contributed by atoms with Gasteiger partial charge in [-0.2, -0.15) is 0 Å². The van der Waals surface area contributed by atoms with Crippen LogP contribution in [0.15, 0.2) is 66.7 Å². The summed E-state index contributed by atoms with van der Waals surface area (Å²) in [7, 11) is 3.56. The van der Waals surface area contributed by atoms with E-state index in [1.165, 1.54) is 0 Å². The quantitative estimate of drug-likeness (QED) is 0.603. The standard InChI is InChI=1S/C25H25N3O3S/c1-16-23(24(30)28(26(16)2)20-7-5-4-6-8-20)27-22(29)15-32-25(27)19-10-9-18-14-21(31-3)12-11-17(18)13-19/h4-14,16,23,25H,15H2,1-3H3. The Bertz CT molecular complexity index is 1190. The molecular weight excluding hydrogens is 422 g/mol. The molecule has 2 heterocycles. The fourth-order valence-corrected chi connectivity index (χ4v) is 5.82. The van der Waals surface area contributed by atoms with Gasteiger partial charge in [0, 0.05) is 7.05 Å². The Labute approximate surface area is 191 Å². The van der Waals surface area contributed by atoms with Crippen molar-refractivity contribution in [2.45, 2.75) is 24.4 Å². The van der Waals surface area contributed by atoms with E-state index in [1.807, 2.05) is 73.6 Å². The first-order valence-corrected chi connectivity index (χ1v) is 11.7. The summed E-state index contributed by atoms with van der Waals surface area (Å²) in [6.45, 7) is 2.01. The molecule has 2 saturated heterocycles. The average molecular weight is 448 g/mol. The molecular formula is C25H25N3O3S. The van der Waals surface area contributed by atoms with E-state index in [0.29, 0.717) is 5.75 Å². The van der Waals surface area contributed by atoms with Crippen LogP contribution < -0.4 is 9.75 Å². The van der Waals surface area contributed by atoms with Crippen LogP contribution in [0.2, 0.25) is 0 Å². The van der Waals surface area contributed by atoms with Crippen molar-refractivity contribution < 1.29 is 14.3 Å². The summed E-state index contributed by atoms with van der Waals surface area (Å²) in [6.07, 6.45) is 0. The van der Waals surface area contributed by atoms with Crippen molar-refractivity contribution in [2.75, 3.05) is 24.9 Å². The zero-order valence-corrected chi connectivity index (χ0v) is 19.1. The number of anilines is 1. The van der Waals surface area contributed by atoms with Crippen molar-refractivity contribution in [3.05, 3.63) is 72.3 Å². The topological polar surface area (TPSA) is 53.1 Å². The van der Waals surface area contributed by atoms with Gasteiger partial charge in [-0.1, -0.05) is 36.4 Å². The normalized spacial score (nSPS) is 24.0. The lowest BCUT2D eigenvalue weighted by Crippen LogP contribution is -2.47. The van der Waals surface area contributed by atoms with E-state index in [9.17, 15) is 9.59 Å². The smallest absolute Gasteiger partial charge is 0.266 e. The number of hydrazine groups is 1. The highest BCUT2D eigenvalue weighted by Crippen LogP contribution is 2.44. The van der Waals surface area contributed by atoms with Crippen molar-refractivity contribution in [2.24, 2.45) is 0 Å². The molecule has 3 aromatic carbocycles. The van der Waals surface area contributed by atoms with Gasteiger partial charge in [-0.3, -0.25) is 9.59 Å². The predicted octanol–water partition coefficient (Wildman–Crippen LogP) is 4.07. The first kappa shape index (κ1) is 20.8. The van der Waals surface area contributed by atoms with Crippen LogP contribution in [-0.2, 0) is 9.59 Å². The number of rotatable bonds is 4. The van der Waals surface area contributed by atoms with Gasteiger partial charge < -0.3 is 9.64 Å². The van der Waals surface area contributed by atoms with Crippen LogP contribution in [0.4, 0.5) is 5.69 Å². The van der Waals surface area contributed by atoms with Crippen molar-refractivity contribution in [1.82, 2.24) is 9.91 Å². The molecule has 3 atom stereocenters. The van der Waals surface area contributed by atoms with Crippen molar-refractivity contribution in [1.29, 1.82) is 0 Å². The van der Waals surface area contributed by atoms with E-state index in [1.54, 1.807) is 28.8 Å². The van der Waals surface area contributed by atoms with Crippen molar-refractivity contribution >= 4 is 40.0 Å². The van der Waals surface area contributed by atoms with Crippen LogP contribution in [0, 0.1) is 0 Å². The Morgan fingerprint density at radius 2 is 1.69 bits per heavy atom. The molecule has 3 aromatic rings. The second-order valence-electron chi connectivity index (χ2n) is 8.18. The van der Waals surface area contributed by atoms with E-state index >= 15 is 0 Å².